The highest BCUT2D eigenvalue weighted by Crippen LogP contribution is 2.38. The zero-order chi connectivity index (χ0) is 18.5. The topological polar surface area (TPSA) is 21.7 Å². The van der Waals surface area contributed by atoms with Crippen molar-refractivity contribution in [3.63, 3.8) is 0 Å². The fourth-order valence-corrected chi connectivity index (χ4v) is 4.38. The van der Waals surface area contributed by atoms with Gasteiger partial charge in [0.1, 0.15) is 12.4 Å². The molecule has 0 N–H and O–H groups in total. The predicted octanol–water partition coefficient (Wildman–Crippen LogP) is 4.92. The van der Waals surface area contributed by atoms with Crippen molar-refractivity contribution in [3.8, 4) is 5.75 Å². The van der Waals surface area contributed by atoms with Crippen molar-refractivity contribution < 1.29 is 9.47 Å². The average molecular weight is 364 g/mol. The number of hydrogen-bond acceptors (Lipinski definition) is 3. The third kappa shape index (κ3) is 4.42. The zero-order valence-electron chi connectivity index (χ0n) is 16.1. The highest BCUT2D eigenvalue weighted by Gasteiger charge is 2.33. The van der Waals surface area contributed by atoms with Gasteiger partial charge < -0.3 is 9.47 Å². The number of benzene rings is 2. The molecule has 27 heavy (non-hydrogen) atoms. The smallest absolute Gasteiger partial charge is 0.119 e. The summed E-state index contributed by atoms with van der Waals surface area (Å²) >= 11 is 0. The molecule has 2 bridgehead atoms. The minimum absolute atomic E-state index is 0.560. The van der Waals surface area contributed by atoms with Crippen LogP contribution in [0.15, 0.2) is 60.7 Å². The number of methoxy groups -OCH3 is 1. The SMILES string of the molecule is COCCOc1ccc(C2=CC3CCCC(C2)N3Cc2ccccc2)cc1. The van der Waals surface area contributed by atoms with Crippen molar-refractivity contribution >= 4 is 5.57 Å². The Labute approximate surface area is 162 Å². The Hall–Kier alpha value is -2.10. The van der Waals surface area contributed by atoms with Gasteiger partial charge in [-0.15, -0.1) is 0 Å². The third-order valence-corrected chi connectivity index (χ3v) is 5.77. The van der Waals surface area contributed by atoms with Gasteiger partial charge in [0.25, 0.3) is 0 Å². The molecule has 3 heteroatoms. The highest BCUT2D eigenvalue weighted by atomic mass is 16.5. The molecule has 142 valence electrons. The van der Waals surface area contributed by atoms with Gasteiger partial charge in [0, 0.05) is 25.7 Å². The van der Waals surface area contributed by atoms with Gasteiger partial charge in [-0.1, -0.05) is 55.0 Å². The molecule has 0 saturated carbocycles. The fraction of sp³-hybridized carbons (Fsp3) is 0.417. The van der Waals surface area contributed by atoms with E-state index >= 15 is 0 Å². The van der Waals surface area contributed by atoms with Crippen LogP contribution in [0.3, 0.4) is 0 Å². The van der Waals surface area contributed by atoms with Crippen LogP contribution in [0, 0.1) is 0 Å². The summed E-state index contributed by atoms with van der Waals surface area (Å²) in [4.78, 5) is 2.71. The summed E-state index contributed by atoms with van der Waals surface area (Å²) in [5.74, 6) is 0.915. The Morgan fingerprint density at radius 1 is 0.963 bits per heavy atom. The van der Waals surface area contributed by atoms with Gasteiger partial charge in [-0.05, 0) is 48.1 Å². The van der Waals surface area contributed by atoms with Gasteiger partial charge >= 0.3 is 0 Å². The Balaban J connectivity index is 1.47. The minimum Gasteiger partial charge on any atom is -0.491 e. The van der Waals surface area contributed by atoms with E-state index < -0.39 is 0 Å². The Kier molecular flexibility index (Phi) is 5.90. The van der Waals surface area contributed by atoms with Crippen molar-refractivity contribution in [2.45, 2.75) is 44.3 Å². The molecule has 2 atom stereocenters. The minimum atomic E-state index is 0.560. The first-order chi connectivity index (χ1) is 13.3. The van der Waals surface area contributed by atoms with Crippen LogP contribution in [0.1, 0.15) is 36.8 Å². The number of rotatable bonds is 7. The van der Waals surface area contributed by atoms with Crippen LogP contribution in [0.5, 0.6) is 5.75 Å². The summed E-state index contributed by atoms with van der Waals surface area (Å²) in [6.45, 7) is 2.27. The first kappa shape index (κ1) is 18.3. The molecule has 2 aliphatic heterocycles. The Morgan fingerprint density at radius 2 is 1.78 bits per heavy atom. The van der Waals surface area contributed by atoms with E-state index in [0.717, 1.165) is 18.7 Å². The van der Waals surface area contributed by atoms with E-state index in [2.05, 4.69) is 65.6 Å². The maximum absolute atomic E-state index is 5.69. The fourth-order valence-electron chi connectivity index (χ4n) is 4.38. The van der Waals surface area contributed by atoms with E-state index in [1.54, 1.807) is 7.11 Å². The molecule has 0 radical (unpaired) electrons. The van der Waals surface area contributed by atoms with E-state index in [0.29, 0.717) is 25.3 Å². The molecule has 2 aromatic rings. The largest absolute Gasteiger partial charge is 0.491 e. The summed E-state index contributed by atoms with van der Waals surface area (Å²) in [5, 5.41) is 0. The Bertz CT molecular complexity index is 754. The van der Waals surface area contributed by atoms with E-state index in [1.165, 1.54) is 36.0 Å². The molecule has 2 aromatic carbocycles. The quantitative estimate of drug-likeness (QED) is 0.652. The normalized spacial score (nSPS) is 22.3. The van der Waals surface area contributed by atoms with Crippen LogP contribution in [0.2, 0.25) is 0 Å². The lowest BCUT2D eigenvalue weighted by molar-refractivity contribution is 0.0951. The molecule has 0 spiro atoms. The molecule has 0 amide bonds. The molecule has 3 nitrogen and oxygen atoms in total. The number of nitrogens with zero attached hydrogens (tertiary/aromatic N) is 1. The lowest BCUT2D eigenvalue weighted by atomic mass is 9.82. The average Bonchev–Trinajstić information content (AvgIpc) is 2.69. The van der Waals surface area contributed by atoms with Crippen molar-refractivity contribution in [1.82, 2.24) is 4.90 Å². The number of ether oxygens (including phenoxy) is 2. The molecule has 2 heterocycles. The number of hydrogen-bond donors (Lipinski definition) is 0. The molecule has 4 rings (SSSR count). The molecule has 2 unspecified atom stereocenters. The standard InChI is InChI=1S/C24H29NO2/c1-26-14-15-27-24-12-10-20(11-13-24)21-16-22-8-5-9-23(17-21)25(22)18-19-6-3-2-4-7-19/h2-4,6-7,10-13,16,22-23H,5,8-9,14-15,17-18H2,1H3. The third-order valence-electron chi connectivity index (χ3n) is 5.77. The summed E-state index contributed by atoms with van der Waals surface area (Å²) < 4.78 is 10.7. The zero-order valence-corrected chi connectivity index (χ0v) is 16.1. The summed E-state index contributed by atoms with van der Waals surface area (Å²) in [5.41, 5.74) is 4.26. The second-order valence-electron chi connectivity index (χ2n) is 7.57. The van der Waals surface area contributed by atoms with Crippen LogP contribution in [0.4, 0.5) is 0 Å². The van der Waals surface area contributed by atoms with Crippen LogP contribution >= 0.6 is 0 Å². The molecular weight excluding hydrogens is 334 g/mol. The monoisotopic (exact) mass is 363 g/mol. The number of fused-ring (bicyclic) bond motifs is 2. The first-order valence-electron chi connectivity index (χ1n) is 10.1. The van der Waals surface area contributed by atoms with Crippen molar-refractivity contribution in [2.75, 3.05) is 20.3 Å². The second kappa shape index (κ2) is 8.73. The second-order valence-corrected chi connectivity index (χ2v) is 7.57. The molecule has 1 fully saturated rings. The maximum atomic E-state index is 5.69. The van der Waals surface area contributed by atoms with Gasteiger partial charge in [0.2, 0.25) is 0 Å². The summed E-state index contributed by atoms with van der Waals surface area (Å²) in [6, 6.07) is 20.7. The Morgan fingerprint density at radius 3 is 2.52 bits per heavy atom. The molecular formula is C24H29NO2. The van der Waals surface area contributed by atoms with Crippen LogP contribution in [0.25, 0.3) is 5.57 Å². The van der Waals surface area contributed by atoms with Gasteiger partial charge in [-0.2, -0.15) is 0 Å². The van der Waals surface area contributed by atoms with Crippen LogP contribution in [-0.2, 0) is 11.3 Å². The van der Waals surface area contributed by atoms with Crippen molar-refractivity contribution in [2.24, 2.45) is 0 Å². The van der Waals surface area contributed by atoms with Gasteiger partial charge in [-0.3, -0.25) is 4.90 Å². The molecule has 1 saturated heterocycles. The van der Waals surface area contributed by atoms with Crippen molar-refractivity contribution in [1.29, 1.82) is 0 Å². The maximum Gasteiger partial charge on any atom is 0.119 e. The van der Waals surface area contributed by atoms with Crippen molar-refractivity contribution in [3.05, 3.63) is 71.8 Å². The molecule has 2 aliphatic rings. The van der Waals surface area contributed by atoms with E-state index in [1.807, 2.05) is 0 Å². The lowest BCUT2D eigenvalue weighted by Crippen LogP contribution is -2.47. The molecule has 0 aliphatic carbocycles. The lowest BCUT2D eigenvalue weighted by Gasteiger charge is -2.45. The van der Waals surface area contributed by atoms with E-state index in [4.69, 9.17) is 9.47 Å². The summed E-state index contributed by atoms with van der Waals surface area (Å²) in [7, 11) is 1.69. The van der Waals surface area contributed by atoms with Gasteiger partial charge in [0.15, 0.2) is 0 Å². The van der Waals surface area contributed by atoms with Crippen LogP contribution < -0.4 is 4.74 Å². The predicted molar refractivity (Wildman–Crippen MR) is 110 cm³/mol. The molecule has 0 aromatic heterocycles. The van der Waals surface area contributed by atoms with Gasteiger partial charge in [-0.25, -0.2) is 0 Å². The first-order valence-corrected chi connectivity index (χ1v) is 10.1. The summed E-state index contributed by atoms with van der Waals surface area (Å²) in [6.07, 6.45) is 7.58. The van der Waals surface area contributed by atoms with Crippen LogP contribution in [-0.4, -0.2) is 37.3 Å². The van der Waals surface area contributed by atoms with Gasteiger partial charge in [0.05, 0.1) is 6.61 Å². The highest BCUT2D eigenvalue weighted by molar-refractivity contribution is 5.68. The van der Waals surface area contributed by atoms with E-state index in [9.17, 15) is 0 Å². The number of piperidine rings is 1. The van der Waals surface area contributed by atoms with E-state index in [-0.39, 0.29) is 0 Å².